The standard InChI is InChI=1S/C11H22N2O2/c1-11(2,3)15-10(14)13-7-5-9(12-4)6-8-13/h9,12H,5-8H2,1-4H3/i4D3. The summed E-state index contributed by atoms with van der Waals surface area (Å²) in [6.45, 7) is 4.43. The van der Waals surface area contributed by atoms with Crippen LogP contribution in [0.2, 0.25) is 0 Å². The third-order valence-corrected chi connectivity index (χ3v) is 2.35. The average molecular weight is 217 g/mol. The van der Waals surface area contributed by atoms with Crippen molar-refractivity contribution >= 4 is 6.09 Å². The molecule has 1 heterocycles. The van der Waals surface area contributed by atoms with Crippen LogP contribution in [0.5, 0.6) is 0 Å². The SMILES string of the molecule is [2H]C([2H])([2H])NC1CCN(C(=O)OC(C)(C)C)CC1. The molecule has 0 aromatic carbocycles. The van der Waals surface area contributed by atoms with Gasteiger partial charge in [0, 0.05) is 23.2 Å². The molecule has 0 bridgehead atoms. The molecule has 0 radical (unpaired) electrons. The van der Waals surface area contributed by atoms with E-state index in [2.05, 4.69) is 5.32 Å². The van der Waals surface area contributed by atoms with Gasteiger partial charge in [-0.2, -0.15) is 0 Å². The summed E-state index contributed by atoms with van der Waals surface area (Å²) in [5.74, 6) is 0. The maximum atomic E-state index is 11.8. The molecular weight excluding hydrogens is 192 g/mol. The number of nitrogens with one attached hydrogen (secondary N) is 1. The van der Waals surface area contributed by atoms with Crippen LogP contribution in [-0.4, -0.2) is 42.7 Å². The molecule has 15 heavy (non-hydrogen) atoms. The van der Waals surface area contributed by atoms with Crippen molar-refractivity contribution in [1.82, 2.24) is 10.2 Å². The third-order valence-electron chi connectivity index (χ3n) is 2.35. The normalized spacial score (nSPS) is 22.9. The van der Waals surface area contributed by atoms with Crippen LogP contribution in [0.15, 0.2) is 0 Å². The molecule has 1 N–H and O–H groups in total. The number of rotatable bonds is 1. The van der Waals surface area contributed by atoms with E-state index in [9.17, 15) is 4.79 Å². The number of carbonyl (C=O) groups is 1. The lowest BCUT2D eigenvalue weighted by molar-refractivity contribution is 0.0200. The smallest absolute Gasteiger partial charge is 0.410 e. The highest BCUT2D eigenvalue weighted by Gasteiger charge is 2.25. The van der Waals surface area contributed by atoms with Gasteiger partial charge in [0.05, 0.1) is 0 Å². The van der Waals surface area contributed by atoms with Crippen molar-refractivity contribution in [1.29, 1.82) is 0 Å². The highest BCUT2D eigenvalue weighted by Crippen LogP contribution is 2.14. The number of likely N-dealkylation sites (tertiary alicyclic amines) is 1. The predicted octanol–water partition coefficient (Wildman–Crippen LogP) is 1.61. The van der Waals surface area contributed by atoms with Crippen molar-refractivity contribution in [2.45, 2.75) is 45.3 Å². The van der Waals surface area contributed by atoms with E-state index >= 15 is 0 Å². The van der Waals surface area contributed by atoms with Crippen LogP contribution in [-0.2, 0) is 4.74 Å². The number of hydrogen-bond donors (Lipinski definition) is 1. The quantitative estimate of drug-likeness (QED) is 0.725. The lowest BCUT2D eigenvalue weighted by atomic mass is 10.1. The first kappa shape index (κ1) is 8.39. The van der Waals surface area contributed by atoms with Gasteiger partial charge in [0.1, 0.15) is 5.60 Å². The lowest BCUT2D eigenvalue weighted by Crippen LogP contribution is -2.45. The zero-order valence-corrected chi connectivity index (χ0v) is 9.67. The van der Waals surface area contributed by atoms with Crippen molar-refractivity contribution in [3.63, 3.8) is 0 Å². The summed E-state index contributed by atoms with van der Waals surface area (Å²) in [5, 5.41) is 2.59. The van der Waals surface area contributed by atoms with Gasteiger partial charge in [-0.25, -0.2) is 4.79 Å². The molecule has 0 atom stereocenters. The van der Waals surface area contributed by atoms with Crippen LogP contribution < -0.4 is 5.32 Å². The molecule has 88 valence electrons. The molecule has 1 amide bonds. The maximum Gasteiger partial charge on any atom is 0.410 e. The van der Waals surface area contributed by atoms with E-state index in [4.69, 9.17) is 8.85 Å². The van der Waals surface area contributed by atoms with E-state index in [0.29, 0.717) is 25.9 Å². The van der Waals surface area contributed by atoms with Crippen molar-refractivity contribution in [3.05, 3.63) is 0 Å². The second-order valence-corrected chi connectivity index (χ2v) is 4.89. The van der Waals surface area contributed by atoms with Gasteiger partial charge in [0.25, 0.3) is 0 Å². The van der Waals surface area contributed by atoms with Gasteiger partial charge in [0.15, 0.2) is 0 Å². The maximum absolute atomic E-state index is 11.8. The summed E-state index contributed by atoms with van der Waals surface area (Å²) >= 11 is 0. The molecule has 1 fully saturated rings. The molecule has 0 aromatic heterocycles. The van der Waals surface area contributed by atoms with Crippen LogP contribution >= 0.6 is 0 Å². The largest absolute Gasteiger partial charge is 0.444 e. The molecule has 1 saturated heterocycles. The average Bonchev–Trinajstić information content (AvgIpc) is 2.13. The second-order valence-electron chi connectivity index (χ2n) is 4.89. The molecule has 1 aliphatic rings. The summed E-state index contributed by atoms with van der Waals surface area (Å²) < 4.78 is 26.7. The monoisotopic (exact) mass is 217 g/mol. The Balaban J connectivity index is 2.37. The summed E-state index contributed by atoms with van der Waals surface area (Å²) in [6, 6.07) is -0.0591. The number of nitrogens with zero attached hydrogens (tertiary/aromatic N) is 1. The summed E-state index contributed by atoms with van der Waals surface area (Å²) in [4.78, 5) is 13.4. The number of amides is 1. The lowest BCUT2D eigenvalue weighted by Gasteiger charge is -2.33. The van der Waals surface area contributed by atoms with Crippen molar-refractivity contribution in [2.75, 3.05) is 20.1 Å². The molecule has 0 saturated carbocycles. The minimum Gasteiger partial charge on any atom is -0.444 e. The van der Waals surface area contributed by atoms with Crippen LogP contribution in [0, 0.1) is 0 Å². The minimum absolute atomic E-state index is 0.0591. The summed E-state index contributed by atoms with van der Waals surface area (Å²) in [5.41, 5.74) is -0.495. The van der Waals surface area contributed by atoms with Crippen molar-refractivity contribution in [3.8, 4) is 0 Å². The van der Waals surface area contributed by atoms with Crippen LogP contribution in [0.25, 0.3) is 0 Å². The van der Waals surface area contributed by atoms with Crippen LogP contribution in [0.3, 0.4) is 0 Å². The fourth-order valence-corrected chi connectivity index (χ4v) is 1.53. The van der Waals surface area contributed by atoms with E-state index < -0.39 is 12.6 Å². The van der Waals surface area contributed by atoms with E-state index in [-0.39, 0.29) is 12.1 Å². The predicted molar refractivity (Wildman–Crippen MR) is 59.9 cm³/mol. The number of piperidine rings is 1. The van der Waals surface area contributed by atoms with E-state index in [1.54, 1.807) is 4.90 Å². The Hall–Kier alpha value is -0.770. The molecule has 1 rings (SSSR count). The molecule has 0 unspecified atom stereocenters. The van der Waals surface area contributed by atoms with Gasteiger partial charge in [-0.15, -0.1) is 0 Å². The highest BCUT2D eigenvalue weighted by molar-refractivity contribution is 5.68. The van der Waals surface area contributed by atoms with E-state index in [0.717, 1.165) is 0 Å². The third kappa shape index (κ3) is 4.08. The molecule has 0 aliphatic carbocycles. The first-order valence-electron chi connectivity index (χ1n) is 6.82. The molecule has 0 aromatic rings. The number of hydrogen-bond acceptors (Lipinski definition) is 3. The first-order valence-corrected chi connectivity index (χ1v) is 5.32. The van der Waals surface area contributed by atoms with E-state index in [1.807, 2.05) is 20.8 Å². The minimum atomic E-state index is -2.11. The Morgan fingerprint density at radius 1 is 1.47 bits per heavy atom. The molecular formula is C11H22N2O2. The summed E-state index contributed by atoms with van der Waals surface area (Å²) in [7, 11) is 0. The molecule has 1 aliphatic heterocycles. The second kappa shape index (κ2) is 4.84. The van der Waals surface area contributed by atoms with Gasteiger partial charge >= 0.3 is 6.09 Å². The summed E-state index contributed by atoms with van der Waals surface area (Å²) in [6.07, 6.45) is 0.949. The highest BCUT2D eigenvalue weighted by atomic mass is 16.6. The Kier molecular flexibility index (Phi) is 2.70. The van der Waals surface area contributed by atoms with Crippen LogP contribution in [0.1, 0.15) is 37.7 Å². The zero-order chi connectivity index (χ0) is 14.0. The Bertz CT molecular complexity index is 292. The fraction of sp³-hybridized carbons (Fsp3) is 0.909. The van der Waals surface area contributed by atoms with Gasteiger partial charge in [-0.05, 0) is 40.6 Å². The first-order chi connectivity index (χ1) is 8.07. The van der Waals surface area contributed by atoms with E-state index in [1.165, 1.54) is 0 Å². The van der Waals surface area contributed by atoms with Gasteiger partial charge in [0.2, 0.25) is 0 Å². The Morgan fingerprint density at radius 2 is 2.07 bits per heavy atom. The fourth-order valence-electron chi connectivity index (χ4n) is 1.53. The van der Waals surface area contributed by atoms with Crippen molar-refractivity contribution in [2.24, 2.45) is 0 Å². The van der Waals surface area contributed by atoms with Gasteiger partial charge in [-0.1, -0.05) is 0 Å². The topological polar surface area (TPSA) is 41.6 Å². The van der Waals surface area contributed by atoms with Crippen LogP contribution in [0.4, 0.5) is 4.79 Å². The number of ether oxygens (including phenoxy) is 1. The van der Waals surface area contributed by atoms with Gasteiger partial charge in [-0.3, -0.25) is 0 Å². The van der Waals surface area contributed by atoms with Gasteiger partial charge < -0.3 is 15.0 Å². The Morgan fingerprint density at radius 3 is 2.53 bits per heavy atom. The number of carbonyl (C=O) groups excluding carboxylic acids is 1. The molecule has 0 spiro atoms. The molecule has 4 heteroatoms. The Labute approximate surface area is 96.2 Å². The van der Waals surface area contributed by atoms with Crippen molar-refractivity contribution < 1.29 is 13.6 Å². The zero-order valence-electron chi connectivity index (χ0n) is 12.7. The molecule has 4 nitrogen and oxygen atoms in total.